The summed E-state index contributed by atoms with van der Waals surface area (Å²) in [5.74, 6) is 0. The van der Waals surface area contributed by atoms with Crippen molar-refractivity contribution in [3.8, 4) is 6.07 Å². The molecule has 0 amide bonds. The highest BCUT2D eigenvalue weighted by molar-refractivity contribution is 5.51. The van der Waals surface area contributed by atoms with Crippen LogP contribution >= 0.6 is 0 Å². The Morgan fingerprint density at radius 3 is 2.79 bits per heavy atom. The van der Waals surface area contributed by atoms with Crippen LogP contribution in [0.1, 0.15) is 5.56 Å². The van der Waals surface area contributed by atoms with Crippen molar-refractivity contribution in [2.45, 2.75) is 0 Å². The first-order valence-corrected chi connectivity index (χ1v) is 4.97. The van der Waals surface area contributed by atoms with Gasteiger partial charge in [-0.1, -0.05) is 6.07 Å². The molecule has 1 saturated heterocycles. The summed E-state index contributed by atoms with van der Waals surface area (Å²) in [5.41, 5.74) is 1.93. The lowest BCUT2D eigenvalue weighted by Crippen LogP contribution is -2.89. The molecule has 0 saturated carbocycles. The molecule has 0 radical (unpaired) electrons. The summed E-state index contributed by atoms with van der Waals surface area (Å²) < 4.78 is 0. The Bertz CT molecular complexity index is 348. The third kappa shape index (κ3) is 1.86. The van der Waals surface area contributed by atoms with Crippen molar-refractivity contribution >= 4 is 5.69 Å². The summed E-state index contributed by atoms with van der Waals surface area (Å²) in [6, 6.07) is 10.0. The molecule has 72 valence electrons. The third-order valence-corrected chi connectivity index (χ3v) is 2.55. The van der Waals surface area contributed by atoms with E-state index < -0.39 is 0 Å². The Hall–Kier alpha value is -1.53. The van der Waals surface area contributed by atoms with Gasteiger partial charge >= 0.3 is 0 Å². The van der Waals surface area contributed by atoms with Gasteiger partial charge in [0.1, 0.15) is 0 Å². The molecule has 0 spiro atoms. The van der Waals surface area contributed by atoms with Gasteiger partial charge in [-0.15, -0.1) is 0 Å². The first kappa shape index (κ1) is 9.04. The molecule has 3 heteroatoms. The standard InChI is InChI=1S/C11H13N3/c12-9-10-2-1-3-11(8-10)14-6-4-13-5-7-14/h1-3,8,13H,4-7H2/p+1. The van der Waals surface area contributed by atoms with Crippen LogP contribution < -0.4 is 10.2 Å². The molecule has 1 aromatic carbocycles. The fourth-order valence-corrected chi connectivity index (χ4v) is 1.78. The normalized spacial score (nSPS) is 16.4. The number of nitrogens with two attached hydrogens (primary N) is 1. The van der Waals surface area contributed by atoms with Gasteiger partial charge in [-0.2, -0.15) is 5.26 Å². The van der Waals surface area contributed by atoms with Gasteiger partial charge in [0, 0.05) is 5.69 Å². The predicted molar refractivity (Wildman–Crippen MR) is 55.0 cm³/mol. The maximum atomic E-state index is 8.79. The number of nitrogens with zero attached hydrogens (tertiary/aromatic N) is 2. The van der Waals surface area contributed by atoms with E-state index in [9.17, 15) is 0 Å². The van der Waals surface area contributed by atoms with Crippen LogP contribution in [0.25, 0.3) is 0 Å². The van der Waals surface area contributed by atoms with E-state index in [1.165, 1.54) is 5.69 Å². The molecule has 0 aromatic heterocycles. The minimum Gasteiger partial charge on any atom is -0.360 e. The second kappa shape index (κ2) is 4.12. The SMILES string of the molecule is N#Cc1cccc(N2CC[NH2+]CC2)c1. The van der Waals surface area contributed by atoms with Crippen LogP contribution in [0.15, 0.2) is 24.3 Å². The maximum absolute atomic E-state index is 8.79. The molecule has 14 heavy (non-hydrogen) atoms. The lowest BCUT2D eigenvalue weighted by molar-refractivity contribution is -0.655. The van der Waals surface area contributed by atoms with Crippen LogP contribution in [-0.2, 0) is 0 Å². The van der Waals surface area contributed by atoms with E-state index in [1.807, 2.05) is 18.2 Å². The van der Waals surface area contributed by atoms with Crippen molar-refractivity contribution in [2.75, 3.05) is 31.1 Å². The van der Waals surface area contributed by atoms with Crippen LogP contribution in [0, 0.1) is 11.3 Å². The molecule has 1 aromatic rings. The van der Waals surface area contributed by atoms with Crippen molar-refractivity contribution < 1.29 is 5.32 Å². The van der Waals surface area contributed by atoms with E-state index in [1.54, 1.807) is 0 Å². The van der Waals surface area contributed by atoms with E-state index >= 15 is 0 Å². The molecule has 2 rings (SSSR count). The second-order valence-corrected chi connectivity index (χ2v) is 3.52. The van der Waals surface area contributed by atoms with Crippen LogP contribution in [0.2, 0.25) is 0 Å². The zero-order valence-electron chi connectivity index (χ0n) is 8.11. The predicted octanol–water partition coefficient (Wildman–Crippen LogP) is -0.0583. The van der Waals surface area contributed by atoms with Crippen molar-refractivity contribution in [3.63, 3.8) is 0 Å². The minimum absolute atomic E-state index is 0.747. The number of nitriles is 1. The van der Waals surface area contributed by atoms with Gasteiger partial charge in [0.2, 0.25) is 0 Å². The summed E-state index contributed by atoms with van der Waals surface area (Å²) in [4.78, 5) is 2.33. The van der Waals surface area contributed by atoms with Gasteiger partial charge in [0.25, 0.3) is 0 Å². The molecule has 1 fully saturated rings. The highest BCUT2D eigenvalue weighted by atomic mass is 15.2. The lowest BCUT2D eigenvalue weighted by Gasteiger charge is -2.27. The van der Waals surface area contributed by atoms with E-state index in [0.29, 0.717) is 0 Å². The van der Waals surface area contributed by atoms with Gasteiger partial charge in [0.05, 0.1) is 37.8 Å². The van der Waals surface area contributed by atoms with Gasteiger partial charge in [-0.25, -0.2) is 0 Å². The highest BCUT2D eigenvalue weighted by Crippen LogP contribution is 2.15. The highest BCUT2D eigenvalue weighted by Gasteiger charge is 2.12. The fourth-order valence-electron chi connectivity index (χ4n) is 1.78. The Balaban J connectivity index is 2.18. The topological polar surface area (TPSA) is 43.6 Å². The quantitative estimate of drug-likeness (QED) is 0.671. The number of benzene rings is 1. The molecule has 2 N–H and O–H groups in total. The average molecular weight is 188 g/mol. The Kier molecular flexibility index (Phi) is 2.66. The van der Waals surface area contributed by atoms with Crippen molar-refractivity contribution in [3.05, 3.63) is 29.8 Å². The third-order valence-electron chi connectivity index (χ3n) is 2.55. The van der Waals surface area contributed by atoms with E-state index in [4.69, 9.17) is 5.26 Å². The summed E-state index contributed by atoms with van der Waals surface area (Å²) in [5, 5.41) is 11.1. The minimum atomic E-state index is 0.747. The average Bonchev–Trinajstić information content (AvgIpc) is 2.30. The largest absolute Gasteiger partial charge is 0.360 e. The van der Waals surface area contributed by atoms with Crippen LogP contribution in [0.3, 0.4) is 0 Å². The number of hydrogen-bond acceptors (Lipinski definition) is 2. The first-order valence-electron chi connectivity index (χ1n) is 4.97. The molecule has 0 aliphatic carbocycles. The van der Waals surface area contributed by atoms with Crippen LogP contribution in [0.5, 0.6) is 0 Å². The summed E-state index contributed by atoms with van der Waals surface area (Å²) in [6.45, 7) is 4.46. The molecule has 0 atom stereocenters. The molecule has 1 aliphatic heterocycles. The Morgan fingerprint density at radius 2 is 2.07 bits per heavy atom. The summed E-state index contributed by atoms with van der Waals surface area (Å²) in [6.07, 6.45) is 0. The Labute approximate surface area is 84.0 Å². The molecular weight excluding hydrogens is 174 g/mol. The van der Waals surface area contributed by atoms with Gasteiger partial charge in [-0.3, -0.25) is 0 Å². The van der Waals surface area contributed by atoms with Crippen molar-refractivity contribution in [1.29, 1.82) is 5.26 Å². The van der Waals surface area contributed by atoms with E-state index in [0.717, 1.165) is 31.7 Å². The molecule has 3 nitrogen and oxygen atoms in total. The second-order valence-electron chi connectivity index (χ2n) is 3.52. The smallest absolute Gasteiger partial charge is 0.0992 e. The maximum Gasteiger partial charge on any atom is 0.0992 e. The van der Waals surface area contributed by atoms with Crippen molar-refractivity contribution in [2.24, 2.45) is 0 Å². The van der Waals surface area contributed by atoms with Crippen LogP contribution in [0.4, 0.5) is 5.69 Å². The Morgan fingerprint density at radius 1 is 1.29 bits per heavy atom. The molecule has 1 aliphatic rings. The van der Waals surface area contributed by atoms with E-state index in [-0.39, 0.29) is 0 Å². The zero-order chi connectivity index (χ0) is 9.80. The number of rotatable bonds is 1. The summed E-state index contributed by atoms with van der Waals surface area (Å²) >= 11 is 0. The van der Waals surface area contributed by atoms with Gasteiger partial charge < -0.3 is 10.2 Å². The van der Waals surface area contributed by atoms with E-state index in [2.05, 4.69) is 22.4 Å². The van der Waals surface area contributed by atoms with Crippen LogP contribution in [-0.4, -0.2) is 26.2 Å². The monoisotopic (exact) mass is 188 g/mol. The lowest BCUT2D eigenvalue weighted by atomic mass is 10.2. The molecule has 1 heterocycles. The first-order chi connectivity index (χ1) is 6.90. The van der Waals surface area contributed by atoms with Gasteiger partial charge in [0.15, 0.2) is 0 Å². The number of piperazine rings is 1. The molecule has 0 unspecified atom stereocenters. The van der Waals surface area contributed by atoms with Crippen molar-refractivity contribution in [1.82, 2.24) is 0 Å². The number of hydrogen-bond donors (Lipinski definition) is 1. The number of quaternary nitrogens is 1. The summed E-state index contributed by atoms with van der Waals surface area (Å²) in [7, 11) is 0. The molecular formula is C11H14N3+. The number of anilines is 1. The van der Waals surface area contributed by atoms with Gasteiger partial charge in [-0.05, 0) is 18.2 Å². The fraction of sp³-hybridized carbons (Fsp3) is 0.364. The zero-order valence-corrected chi connectivity index (χ0v) is 8.11. The molecule has 0 bridgehead atoms.